The van der Waals surface area contributed by atoms with Crippen molar-refractivity contribution in [3.8, 4) is 5.75 Å². The molecule has 0 bridgehead atoms. The van der Waals surface area contributed by atoms with Crippen molar-refractivity contribution in [2.45, 2.75) is 38.3 Å². The lowest BCUT2D eigenvalue weighted by Crippen LogP contribution is -2.31. The third-order valence-corrected chi connectivity index (χ3v) is 4.20. The predicted octanol–water partition coefficient (Wildman–Crippen LogP) is 3.42. The van der Waals surface area contributed by atoms with Crippen LogP contribution in [0.2, 0.25) is 0 Å². The van der Waals surface area contributed by atoms with Crippen LogP contribution in [0, 0.1) is 6.92 Å². The number of ether oxygens (including phenoxy) is 1. The minimum absolute atomic E-state index is 0.0879. The number of benzene rings is 1. The van der Waals surface area contributed by atoms with Gasteiger partial charge in [-0.3, -0.25) is 4.79 Å². The second-order valence-electron chi connectivity index (χ2n) is 6.52. The summed E-state index contributed by atoms with van der Waals surface area (Å²) in [5.74, 6) is 0.437. The number of hydrogen-bond acceptors (Lipinski definition) is 4. The van der Waals surface area contributed by atoms with Crippen molar-refractivity contribution >= 4 is 5.91 Å². The normalized spacial score (nSPS) is 14.1. The molecule has 0 radical (unpaired) electrons. The maximum absolute atomic E-state index is 13.0. The highest BCUT2D eigenvalue weighted by molar-refractivity contribution is 5.77. The molecule has 1 saturated carbocycles. The van der Waals surface area contributed by atoms with Gasteiger partial charge in [-0.15, -0.1) is 0 Å². The minimum Gasteiger partial charge on any atom is -0.484 e. The summed E-state index contributed by atoms with van der Waals surface area (Å²) in [5.41, 5.74) is 0.417. The molecule has 144 valence electrons. The summed E-state index contributed by atoms with van der Waals surface area (Å²) < 4.78 is 44.4. The molecule has 1 fully saturated rings. The second-order valence-corrected chi connectivity index (χ2v) is 6.52. The van der Waals surface area contributed by atoms with Gasteiger partial charge in [-0.2, -0.15) is 13.2 Å². The van der Waals surface area contributed by atoms with Crippen LogP contribution >= 0.6 is 0 Å². The van der Waals surface area contributed by atoms with Crippen LogP contribution < -0.4 is 10.1 Å². The molecule has 1 heterocycles. The quantitative estimate of drug-likeness (QED) is 0.801. The summed E-state index contributed by atoms with van der Waals surface area (Å²) in [6, 6.07) is 8.33. The summed E-state index contributed by atoms with van der Waals surface area (Å²) in [4.78, 5) is 19.7. The molecule has 0 atom stereocenters. The van der Waals surface area contributed by atoms with Gasteiger partial charge >= 0.3 is 6.18 Å². The van der Waals surface area contributed by atoms with Gasteiger partial charge in [-0.05, 0) is 37.5 Å². The fourth-order valence-corrected chi connectivity index (χ4v) is 2.59. The van der Waals surface area contributed by atoms with Crippen molar-refractivity contribution in [3.63, 3.8) is 0 Å². The Labute approximate surface area is 155 Å². The van der Waals surface area contributed by atoms with Gasteiger partial charge in [-0.25, -0.2) is 9.97 Å². The van der Waals surface area contributed by atoms with Crippen LogP contribution in [0.4, 0.5) is 13.2 Å². The van der Waals surface area contributed by atoms with Crippen molar-refractivity contribution in [1.29, 1.82) is 0 Å². The number of nitrogens with one attached hydrogen (secondary N) is 1. The van der Waals surface area contributed by atoms with Crippen molar-refractivity contribution in [3.05, 3.63) is 53.1 Å². The van der Waals surface area contributed by atoms with E-state index in [2.05, 4.69) is 15.3 Å². The summed E-state index contributed by atoms with van der Waals surface area (Å²) >= 11 is 0. The molecule has 27 heavy (non-hydrogen) atoms. The Kier molecular flexibility index (Phi) is 5.62. The number of para-hydroxylation sites is 1. The lowest BCUT2D eigenvalue weighted by atomic mass is 10.2. The van der Waals surface area contributed by atoms with Crippen molar-refractivity contribution in [2.24, 2.45) is 0 Å². The molecular formula is C19H20F3N3O2. The van der Waals surface area contributed by atoms with E-state index in [-0.39, 0.29) is 37.2 Å². The molecule has 1 aromatic carbocycles. The third kappa shape index (κ3) is 5.42. The molecule has 1 amide bonds. The van der Waals surface area contributed by atoms with Gasteiger partial charge in [0.25, 0.3) is 5.91 Å². The Balaban J connectivity index is 1.53. The molecule has 0 saturated heterocycles. The first-order chi connectivity index (χ1) is 12.8. The SMILES string of the molecule is Cc1ccccc1OCC(=O)NCCc1nc(C2CC2)cc(C(F)(F)F)n1. The smallest absolute Gasteiger partial charge is 0.433 e. The maximum atomic E-state index is 13.0. The zero-order chi connectivity index (χ0) is 19.4. The van der Waals surface area contributed by atoms with Crippen molar-refractivity contribution < 1.29 is 22.7 Å². The predicted molar refractivity (Wildman–Crippen MR) is 92.4 cm³/mol. The molecule has 1 aromatic heterocycles. The van der Waals surface area contributed by atoms with Crippen LogP contribution in [0.3, 0.4) is 0 Å². The van der Waals surface area contributed by atoms with Gasteiger partial charge in [0.15, 0.2) is 6.61 Å². The number of nitrogens with zero attached hydrogens (tertiary/aromatic N) is 2. The molecule has 1 N–H and O–H groups in total. The molecule has 0 unspecified atom stereocenters. The first kappa shape index (κ1) is 19.1. The van der Waals surface area contributed by atoms with Gasteiger partial charge in [-0.1, -0.05) is 18.2 Å². The highest BCUT2D eigenvalue weighted by atomic mass is 19.4. The number of rotatable bonds is 7. The average Bonchev–Trinajstić information content (AvgIpc) is 3.45. The fraction of sp³-hybridized carbons (Fsp3) is 0.421. The van der Waals surface area contributed by atoms with Crippen molar-refractivity contribution in [1.82, 2.24) is 15.3 Å². The van der Waals surface area contributed by atoms with Crippen LogP contribution in [0.15, 0.2) is 30.3 Å². The molecule has 5 nitrogen and oxygen atoms in total. The van der Waals surface area contributed by atoms with E-state index in [9.17, 15) is 18.0 Å². The Hall–Kier alpha value is -2.64. The molecule has 1 aliphatic carbocycles. The van der Waals surface area contributed by atoms with E-state index in [1.807, 2.05) is 25.1 Å². The largest absolute Gasteiger partial charge is 0.484 e. The van der Waals surface area contributed by atoms with Gasteiger partial charge in [0.1, 0.15) is 17.3 Å². The van der Waals surface area contributed by atoms with Crippen LogP contribution in [0.1, 0.15) is 41.5 Å². The summed E-state index contributed by atoms with van der Waals surface area (Å²) in [6.07, 6.45) is -2.69. The maximum Gasteiger partial charge on any atom is 0.433 e. The van der Waals surface area contributed by atoms with Gasteiger partial charge < -0.3 is 10.1 Å². The lowest BCUT2D eigenvalue weighted by molar-refractivity contribution is -0.141. The van der Waals surface area contributed by atoms with E-state index < -0.39 is 11.9 Å². The number of aromatic nitrogens is 2. The summed E-state index contributed by atoms with van der Waals surface area (Å²) in [5, 5.41) is 2.62. The van der Waals surface area contributed by atoms with E-state index in [4.69, 9.17) is 4.74 Å². The number of amides is 1. The van der Waals surface area contributed by atoms with Crippen LogP contribution in [0.5, 0.6) is 5.75 Å². The topological polar surface area (TPSA) is 64.1 Å². The van der Waals surface area contributed by atoms with Gasteiger partial charge in [0, 0.05) is 24.6 Å². The number of aryl methyl sites for hydroxylation is 1. The van der Waals surface area contributed by atoms with Crippen LogP contribution in [-0.2, 0) is 17.4 Å². The number of halogens is 3. The molecule has 0 spiro atoms. The van der Waals surface area contributed by atoms with Crippen LogP contribution in [-0.4, -0.2) is 29.0 Å². The van der Waals surface area contributed by atoms with E-state index in [0.29, 0.717) is 11.4 Å². The van der Waals surface area contributed by atoms with E-state index in [1.54, 1.807) is 6.07 Å². The van der Waals surface area contributed by atoms with E-state index in [0.717, 1.165) is 24.5 Å². The van der Waals surface area contributed by atoms with Crippen molar-refractivity contribution in [2.75, 3.05) is 13.2 Å². The second kappa shape index (κ2) is 7.94. The monoisotopic (exact) mass is 379 g/mol. The Bertz CT molecular complexity index is 820. The van der Waals surface area contributed by atoms with Gasteiger partial charge in [0.05, 0.1) is 0 Å². The number of hydrogen-bond donors (Lipinski definition) is 1. The highest BCUT2D eigenvalue weighted by Gasteiger charge is 2.35. The van der Waals surface area contributed by atoms with E-state index >= 15 is 0 Å². The molecule has 8 heteroatoms. The van der Waals surface area contributed by atoms with Gasteiger partial charge in [0.2, 0.25) is 0 Å². The molecule has 3 rings (SSSR count). The summed E-state index contributed by atoms with van der Waals surface area (Å²) in [6.45, 7) is 1.85. The molecule has 0 aliphatic heterocycles. The number of carbonyl (C=O) groups is 1. The highest BCUT2D eigenvalue weighted by Crippen LogP contribution is 2.40. The fourth-order valence-electron chi connectivity index (χ4n) is 2.59. The molecule has 1 aliphatic rings. The number of carbonyl (C=O) groups excluding carboxylic acids is 1. The first-order valence-corrected chi connectivity index (χ1v) is 8.73. The zero-order valence-corrected chi connectivity index (χ0v) is 14.8. The summed E-state index contributed by atoms with van der Waals surface area (Å²) in [7, 11) is 0. The minimum atomic E-state index is -4.51. The lowest BCUT2D eigenvalue weighted by Gasteiger charge is -2.11. The first-order valence-electron chi connectivity index (χ1n) is 8.73. The number of alkyl halides is 3. The van der Waals surface area contributed by atoms with Crippen LogP contribution in [0.25, 0.3) is 0 Å². The standard InChI is InChI=1S/C19H20F3N3O2/c1-12-4-2-3-5-15(12)27-11-18(26)23-9-8-17-24-14(13-6-7-13)10-16(25-17)19(20,21)22/h2-5,10,13H,6-9,11H2,1H3,(H,23,26). The Morgan fingerprint density at radius 3 is 2.67 bits per heavy atom. The van der Waals surface area contributed by atoms with E-state index in [1.165, 1.54) is 0 Å². The average molecular weight is 379 g/mol. The zero-order valence-electron chi connectivity index (χ0n) is 14.8. The Morgan fingerprint density at radius 2 is 2.00 bits per heavy atom. The third-order valence-electron chi connectivity index (χ3n) is 4.20. The molecular weight excluding hydrogens is 359 g/mol. The Morgan fingerprint density at radius 1 is 1.26 bits per heavy atom. The molecule has 2 aromatic rings.